The van der Waals surface area contributed by atoms with Crippen LogP contribution >= 0.6 is 11.5 Å². The van der Waals surface area contributed by atoms with E-state index in [0.29, 0.717) is 31.7 Å². The molecule has 3 heterocycles. The first-order chi connectivity index (χ1) is 14.7. The molecule has 1 amide bonds. The van der Waals surface area contributed by atoms with E-state index < -0.39 is 0 Å². The van der Waals surface area contributed by atoms with Crippen LogP contribution in [0.2, 0.25) is 0 Å². The van der Waals surface area contributed by atoms with Crippen LogP contribution in [0.1, 0.15) is 10.4 Å². The summed E-state index contributed by atoms with van der Waals surface area (Å²) in [7, 11) is 0. The third kappa shape index (κ3) is 3.39. The lowest BCUT2D eigenvalue weighted by molar-refractivity contribution is 0.0746. The van der Waals surface area contributed by atoms with E-state index in [1.165, 1.54) is 23.7 Å². The van der Waals surface area contributed by atoms with Crippen molar-refractivity contribution in [1.29, 1.82) is 0 Å². The van der Waals surface area contributed by atoms with E-state index in [9.17, 15) is 9.18 Å². The van der Waals surface area contributed by atoms with E-state index in [1.807, 2.05) is 35.2 Å². The van der Waals surface area contributed by atoms with E-state index >= 15 is 0 Å². The number of hydrogen-bond donors (Lipinski definition) is 0. The summed E-state index contributed by atoms with van der Waals surface area (Å²) < 4.78 is 18.7. The van der Waals surface area contributed by atoms with Crippen LogP contribution in [0.25, 0.3) is 21.5 Å². The number of halogens is 1. The lowest BCUT2D eigenvalue weighted by atomic mass is 10.1. The molecule has 1 aliphatic rings. The lowest BCUT2D eigenvalue weighted by Gasteiger charge is -2.35. The first kappa shape index (κ1) is 18.6. The van der Waals surface area contributed by atoms with Gasteiger partial charge in [-0.25, -0.2) is 14.4 Å². The second-order valence-corrected chi connectivity index (χ2v) is 7.83. The third-order valence-corrected chi connectivity index (χ3v) is 6.07. The summed E-state index contributed by atoms with van der Waals surface area (Å²) in [6.45, 7) is 2.63. The van der Waals surface area contributed by atoms with Crippen LogP contribution in [0.15, 0.2) is 60.9 Å². The minimum absolute atomic E-state index is 0.0551. The Morgan fingerprint density at radius 1 is 0.933 bits per heavy atom. The van der Waals surface area contributed by atoms with Gasteiger partial charge in [-0.1, -0.05) is 18.2 Å². The van der Waals surface area contributed by atoms with Crippen molar-refractivity contribution >= 4 is 33.5 Å². The van der Waals surface area contributed by atoms with Crippen LogP contribution < -0.4 is 4.90 Å². The normalized spacial score (nSPS) is 14.3. The highest BCUT2D eigenvalue weighted by Gasteiger charge is 2.25. The van der Waals surface area contributed by atoms with Crippen LogP contribution in [0.5, 0.6) is 0 Å². The molecule has 0 radical (unpaired) electrons. The van der Waals surface area contributed by atoms with Crippen LogP contribution in [-0.2, 0) is 0 Å². The van der Waals surface area contributed by atoms with Crippen LogP contribution in [0.3, 0.4) is 0 Å². The van der Waals surface area contributed by atoms with Gasteiger partial charge in [-0.15, -0.1) is 0 Å². The molecule has 0 bridgehead atoms. The number of aromatic nitrogens is 3. The Kier molecular flexibility index (Phi) is 4.84. The van der Waals surface area contributed by atoms with Gasteiger partial charge in [0.25, 0.3) is 5.91 Å². The second kappa shape index (κ2) is 7.79. The van der Waals surface area contributed by atoms with Crippen molar-refractivity contribution in [3.63, 3.8) is 0 Å². The molecule has 1 fully saturated rings. The van der Waals surface area contributed by atoms with Crippen LogP contribution in [0, 0.1) is 5.82 Å². The molecule has 0 spiro atoms. The molecule has 0 saturated carbocycles. The zero-order chi connectivity index (χ0) is 20.5. The summed E-state index contributed by atoms with van der Waals surface area (Å²) in [5, 5.41) is 0. The molecule has 150 valence electrons. The van der Waals surface area contributed by atoms with Crippen molar-refractivity contribution < 1.29 is 9.18 Å². The highest BCUT2D eigenvalue weighted by molar-refractivity contribution is 7.14. The van der Waals surface area contributed by atoms with E-state index in [4.69, 9.17) is 0 Å². The highest BCUT2D eigenvalue weighted by Crippen LogP contribution is 2.34. The average molecular weight is 419 g/mol. The Hall–Kier alpha value is -3.39. The van der Waals surface area contributed by atoms with Crippen molar-refractivity contribution in [2.45, 2.75) is 0 Å². The summed E-state index contributed by atoms with van der Waals surface area (Å²) in [5.41, 5.74) is 3.03. The lowest BCUT2D eigenvalue weighted by Crippen LogP contribution is -2.49. The van der Waals surface area contributed by atoms with Gasteiger partial charge in [-0.05, 0) is 47.9 Å². The minimum atomic E-state index is -0.281. The van der Waals surface area contributed by atoms with Crippen LogP contribution in [-0.4, -0.2) is 51.3 Å². The molecule has 30 heavy (non-hydrogen) atoms. The fourth-order valence-corrected chi connectivity index (χ4v) is 4.53. The fraction of sp³-hybridized carbons (Fsp3) is 0.182. The van der Waals surface area contributed by atoms with E-state index in [1.54, 1.807) is 18.5 Å². The monoisotopic (exact) mass is 419 g/mol. The molecular weight excluding hydrogens is 401 g/mol. The summed E-state index contributed by atoms with van der Waals surface area (Å²) in [6, 6.07) is 15.6. The van der Waals surface area contributed by atoms with Crippen molar-refractivity contribution in [2.75, 3.05) is 31.1 Å². The molecule has 5 rings (SSSR count). The number of piperazine rings is 1. The number of hydrogen-bond acceptors (Lipinski definition) is 6. The van der Waals surface area contributed by atoms with Gasteiger partial charge in [0.15, 0.2) is 5.82 Å². The summed E-state index contributed by atoms with van der Waals surface area (Å²) >= 11 is 1.35. The maximum Gasteiger partial charge on any atom is 0.253 e. The molecule has 8 heteroatoms. The van der Waals surface area contributed by atoms with Gasteiger partial charge in [0.05, 0.1) is 0 Å². The highest BCUT2D eigenvalue weighted by atomic mass is 32.1. The number of fused-ring (bicyclic) bond motifs is 1. The second-order valence-electron chi connectivity index (χ2n) is 7.06. The first-order valence-electron chi connectivity index (χ1n) is 9.66. The molecule has 1 aliphatic heterocycles. The summed E-state index contributed by atoms with van der Waals surface area (Å²) in [5.74, 6) is 0.605. The topological polar surface area (TPSA) is 62.2 Å². The number of rotatable bonds is 3. The molecule has 0 unspecified atom stereocenters. The van der Waals surface area contributed by atoms with Crippen LogP contribution in [0.4, 0.5) is 10.2 Å². The zero-order valence-corrected chi connectivity index (χ0v) is 16.8. The van der Waals surface area contributed by atoms with Gasteiger partial charge in [0.1, 0.15) is 28.1 Å². The van der Waals surface area contributed by atoms with Gasteiger partial charge in [-0.3, -0.25) is 4.79 Å². The van der Waals surface area contributed by atoms with Gasteiger partial charge >= 0.3 is 0 Å². The predicted molar refractivity (Wildman–Crippen MR) is 115 cm³/mol. The number of benzene rings is 2. The fourth-order valence-electron chi connectivity index (χ4n) is 3.66. The number of carbonyl (C=O) groups excluding carboxylic acids is 1. The average Bonchev–Trinajstić information content (AvgIpc) is 3.24. The van der Waals surface area contributed by atoms with E-state index in [-0.39, 0.29) is 11.7 Å². The van der Waals surface area contributed by atoms with Gasteiger partial charge in [0.2, 0.25) is 0 Å². The maximum atomic E-state index is 13.3. The first-order valence-corrected chi connectivity index (χ1v) is 10.4. The summed E-state index contributed by atoms with van der Waals surface area (Å²) in [4.78, 5) is 25.7. The number of anilines is 1. The van der Waals surface area contributed by atoms with Crippen molar-refractivity contribution in [2.24, 2.45) is 0 Å². The molecule has 4 aromatic rings. The Morgan fingerprint density at radius 2 is 1.67 bits per heavy atom. The molecule has 6 nitrogen and oxygen atoms in total. The molecular formula is C22H18FN5OS. The Labute approximate surface area is 176 Å². The Bertz CT molecular complexity index is 1190. The van der Waals surface area contributed by atoms with E-state index in [2.05, 4.69) is 19.2 Å². The molecule has 0 atom stereocenters. The zero-order valence-electron chi connectivity index (χ0n) is 16.0. The molecule has 2 aromatic carbocycles. The van der Waals surface area contributed by atoms with Gasteiger partial charge < -0.3 is 9.80 Å². The van der Waals surface area contributed by atoms with Gasteiger partial charge in [-0.2, -0.15) is 4.37 Å². The number of amides is 1. The quantitative estimate of drug-likeness (QED) is 0.505. The Balaban J connectivity index is 1.37. The van der Waals surface area contributed by atoms with Crippen molar-refractivity contribution in [1.82, 2.24) is 19.2 Å². The predicted octanol–water partition coefficient (Wildman–Crippen LogP) is 3.85. The minimum Gasteiger partial charge on any atom is -0.352 e. The molecule has 0 aliphatic carbocycles. The molecule has 2 aromatic heterocycles. The SMILES string of the molecule is O=C(c1ccccc1)N1CCN(c2ncnc3c(-c4ccc(F)cc4)nsc23)CC1. The van der Waals surface area contributed by atoms with Gasteiger partial charge in [0, 0.05) is 37.3 Å². The van der Waals surface area contributed by atoms with Crippen molar-refractivity contribution in [3.8, 4) is 11.3 Å². The smallest absolute Gasteiger partial charge is 0.253 e. The maximum absolute atomic E-state index is 13.3. The molecule has 1 saturated heterocycles. The largest absolute Gasteiger partial charge is 0.352 e. The molecule has 0 N–H and O–H groups in total. The number of nitrogens with zero attached hydrogens (tertiary/aromatic N) is 5. The van der Waals surface area contributed by atoms with Crippen molar-refractivity contribution in [3.05, 3.63) is 72.3 Å². The number of carbonyl (C=O) groups is 1. The third-order valence-electron chi connectivity index (χ3n) is 5.24. The summed E-state index contributed by atoms with van der Waals surface area (Å²) in [6.07, 6.45) is 1.54. The van der Waals surface area contributed by atoms with E-state index in [0.717, 1.165) is 27.3 Å². The Morgan fingerprint density at radius 3 is 2.40 bits per heavy atom. The standard InChI is InChI=1S/C22H18FN5OS/c23-17-8-6-15(7-9-17)18-19-20(30-26-18)21(25-14-24-19)27-10-12-28(13-11-27)22(29)16-4-2-1-3-5-16/h1-9,14H,10-13H2.